The maximum atomic E-state index is 4.23. The first-order chi connectivity index (χ1) is 6.74. The topological polar surface area (TPSA) is 3.24 Å². The van der Waals surface area contributed by atoms with Gasteiger partial charge in [-0.25, -0.2) is 0 Å². The van der Waals surface area contributed by atoms with Crippen LogP contribution in [0.1, 0.15) is 46.5 Å². The van der Waals surface area contributed by atoms with Crippen molar-refractivity contribution >= 4 is 12.6 Å². The minimum absolute atomic E-state index is 0.847. The Kier molecular flexibility index (Phi) is 10.1. The van der Waals surface area contributed by atoms with E-state index in [-0.39, 0.29) is 0 Å². The number of rotatable bonds is 9. The number of unbranched alkanes of at least 4 members (excludes halogenated alkanes) is 2. The van der Waals surface area contributed by atoms with Crippen molar-refractivity contribution in [3.8, 4) is 0 Å². The van der Waals surface area contributed by atoms with Crippen LogP contribution < -0.4 is 0 Å². The molecule has 0 rings (SSSR count). The molecule has 1 nitrogen and oxygen atoms in total. The van der Waals surface area contributed by atoms with Crippen molar-refractivity contribution in [3.05, 3.63) is 0 Å². The lowest BCUT2D eigenvalue weighted by Crippen LogP contribution is -2.29. The van der Waals surface area contributed by atoms with Crippen molar-refractivity contribution in [1.29, 1.82) is 0 Å². The van der Waals surface area contributed by atoms with Crippen LogP contribution in [0.15, 0.2) is 0 Å². The van der Waals surface area contributed by atoms with Gasteiger partial charge in [0, 0.05) is 6.54 Å². The Labute approximate surface area is 95.7 Å². The maximum Gasteiger partial charge on any atom is 0.000680 e. The summed E-state index contributed by atoms with van der Waals surface area (Å²) in [5.41, 5.74) is 0. The molecular formula is C12H27NS. The van der Waals surface area contributed by atoms with Crippen molar-refractivity contribution in [2.24, 2.45) is 5.92 Å². The van der Waals surface area contributed by atoms with Gasteiger partial charge in [-0.3, -0.25) is 0 Å². The Balaban J connectivity index is 3.47. The first kappa shape index (κ1) is 14.3. The molecule has 0 aromatic rings. The zero-order valence-corrected chi connectivity index (χ0v) is 11.0. The fourth-order valence-electron chi connectivity index (χ4n) is 1.57. The third-order valence-electron chi connectivity index (χ3n) is 2.85. The highest BCUT2D eigenvalue weighted by Crippen LogP contribution is 2.06. The van der Waals surface area contributed by atoms with Gasteiger partial charge in [-0.2, -0.15) is 12.6 Å². The van der Waals surface area contributed by atoms with E-state index in [2.05, 4.69) is 38.3 Å². The van der Waals surface area contributed by atoms with Gasteiger partial charge in [-0.1, -0.05) is 33.6 Å². The van der Waals surface area contributed by atoms with Gasteiger partial charge in [0.05, 0.1) is 0 Å². The van der Waals surface area contributed by atoms with Crippen LogP contribution in [0.25, 0.3) is 0 Å². The number of hydrogen-bond acceptors (Lipinski definition) is 2. The van der Waals surface area contributed by atoms with E-state index in [1.54, 1.807) is 0 Å². The van der Waals surface area contributed by atoms with E-state index in [1.807, 2.05) is 0 Å². The smallest absolute Gasteiger partial charge is 0.000680 e. The second-order valence-corrected chi connectivity index (χ2v) is 4.64. The molecule has 0 aromatic heterocycles. The molecule has 0 radical (unpaired) electrons. The molecular weight excluding hydrogens is 190 g/mol. The lowest BCUT2D eigenvalue weighted by Gasteiger charge is -2.23. The molecule has 86 valence electrons. The molecule has 0 aliphatic heterocycles. The van der Waals surface area contributed by atoms with Crippen LogP contribution in [0.2, 0.25) is 0 Å². The Morgan fingerprint density at radius 1 is 1.14 bits per heavy atom. The molecule has 0 amide bonds. The molecule has 0 saturated carbocycles. The summed E-state index contributed by atoms with van der Waals surface area (Å²) in [6.45, 7) is 10.6. The van der Waals surface area contributed by atoms with Gasteiger partial charge in [0.15, 0.2) is 0 Å². The van der Waals surface area contributed by atoms with Crippen LogP contribution >= 0.6 is 12.6 Å². The average Bonchev–Trinajstić information content (AvgIpc) is 2.22. The summed E-state index contributed by atoms with van der Waals surface area (Å²) >= 11 is 4.23. The van der Waals surface area contributed by atoms with Crippen molar-refractivity contribution in [3.63, 3.8) is 0 Å². The van der Waals surface area contributed by atoms with E-state index in [0.29, 0.717) is 0 Å². The molecule has 0 fully saturated rings. The van der Waals surface area contributed by atoms with Crippen LogP contribution in [0.3, 0.4) is 0 Å². The number of thiol groups is 1. The van der Waals surface area contributed by atoms with Gasteiger partial charge < -0.3 is 4.90 Å². The van der Waals surface area contributed by atoms with Gasteiger partial charge in [-0.15, -0.1) is 0 Å². The fraction of sp³-hybridized carbons (Fsp3) is 1.00. The maximum absolute atomic E-state index is 4.23. The van der Waals surface area contributed by atoms with E-state index in [1.165, 1.54) is 45.3 Å². The summed E-state index contributed by atoms with van der Waals surface area (Å²) in [6, 6.07) is 0. The lowest BCUT2D eigenvalue weighted by molar-refractivity contribution is 0.241. The summed E-state index contributed by atoms with van der Waals surface area (Å²) in [7, 11) is 0. The zero-order valence-electron chi connectivity index (χ0n) is 10.1. The Hall–Kier alpha value is 0.310. The van der Waals surface area contributed by atoms with Gasteiger partial charge in [0.1, 0.15) is 0 Å². The van der Waals surface area contributed by atoms with E-state index in [0.717, 1.165) is 11.7 Å². The predicted molar refractivity (Wildman–Crippen MR) is 69.3 cm³/mol. The third-order valence-corrected chi connectivity index (χ3v) is 3.16. The van der Waals surface area contributed by atoms with Crippen molar-refractivity contribution in [2.45, 2.75) is 46.5 Å². The fourth-order valence-corrected chi connectivity index (χ4v) is 1.80. The Bertz CT molecular complexity index is 117. The molecule has 0 aliphatic rings. The van der Waals surface area contributed by atoms with Crippen LogP contribution in [0.4, 0.5) is 0 Å². The molecule has 0 saturated heterocycles. The van der Waals surface area contributed by atoms with Crippen molar-refractivity contribution in [1.82, 2.24) is 4.90 Å². The molecule has 14 heavy (non-hydrogen) atoms. The average molecular weight is 217 g/mol. The summed E-state index contributed by atoms with van der Waals surface area (Å²) < 4.78 is 0. The second kappa shape index (κ2) is 9.85. The van der Waals surface area contributed by atoms with Gasteiger partial charge in [0.25, 0.3) is 0 Å². The molecule has 0 aliphatic carbocycles. The molecule has 2 heteroatoms. The Morgan fingerprint density at radius 2 is 1.86 bits per heavy atom. The minimum Gasteiger partial charge on any atom is -0.303 e. The quantitative estimate of drug-likeness (QED) is 0.457. The molecule has 0 N–H and O–H groups in total. The highest BCUT2D eigenvalue weighted by atomic mass is 32.1. The molecule has 0 bridgehead atoms. The predicted octanol–water partition coefficient (Wildman–Crippen LogP) is 3.45. The van der Waals surface area contributed by atoms with Gasteiger partial charge >= 0.3 is 0 Å². The lowest BCUT2D eigenvalue weighted by atomic mass is 10.1. The highest BCUT2D eigenvalue weighted by Gasteiger charge is 2.06. The van der Waals surface area contributed by atoms with Crippen LogP contribution in [-0.2, 0) is 0 Å². The van der Waals surface area contributed by atoms with Crippen molar-refractivity contribution in [2.75, 3.05) is 25.4 Å². The zero-order chi connectivity index (χ0) is 10.8. The van der Waals surface area contributed by atoms with E-state index in [4.69, 9.17) is 0 Å². The van der Waals surface area contributed by atoms with Crippen LogP contribution in [0.5, 0.6) is 0 Å². The van der Waals surface area contributed by atoms with Crippen molar-refractivity contribution < 1.29 is 0 Å². The third kappa shape index (κ3) is 7.69. The van der Waals surface area contributed by atoms with E-state index < -0.39 is 0 Å². The SMILES string of the molecule is CCC(C)CN(CC)CCCCCS. The normalized spacial score (nSPS) is 13.5. The van der Waals surface area contributed by atoms with Gasteiger partial charge in [-0.05, 0) is 37.6 Å². The molecule has 1 atom stereocenters. The first-order valence-electron chi connectivity index (χ1n) is 6.07. The van der Waals surface area contributed by atoms with Crippen LogP contribution in [0, 0.1) is 5.92 Å². The molecule has 1 unspecified atom stereocenters. The van der Waals surface area contributed by atoms with E-state index >= 15 is 0 Å². The summed E-state index contributed by atoms with van der Waals surface area (Å²) in [6.07, 6.45) is 5.24. The number of hydrogen-bond donors (Lipinski definition) is 1. The van der Waals surface area contributed by atoms with Gasteiger partial charge in [0.2, 0.25) is 0 Å². The summed E-state index contributed by atoms with van der Waals surface area (Å²) in [5, 5.41) is 0. The standard InChI is InChI=1S/C12H27NS/c1-4-12(3)11-13(5-2)9-7-6-8-10-14/h12,14H,4-11H2,1-3H3. The summed E-state index contributed by atoms with van der Waals surface area (Å²) in [5.74, 6) is 1.89. The molecule has 0 spiro atoms. The Morgan fingerprint density at radius 3 is 2.36 bits per heavy atom. The largest absolute Gasteiger partial charge is 0.303 e. The van der Waals surface area contributed by atoms with E-state index in [9.17, 15) is 0 Å². The second-order valence-electron chi connectivity index (χ2n) is 4.19. The highest BCUT2D eigenvalue weighted by molar-refractivity contribution is 7.80. The first-order valence-corrected chi connectivity index (χ1v) is 6.71. The minimum atomic E-state index is 0.847. The number of nitrogens with zero attached hydrogens (tertiary/aromatic N) is 1. The van der Waals surface area contributed by atoms with Crippen LogP contribution in [-0.4, -0.2) is 30.3 Å². The molecule has 0 heterocycles. The molecule has 0 aromatic carbocycles. The summed E-state index contributed by atoms with van der Waals surface area (Å²) in [4.78, 5) is 2.58. The monoisotopic (exact) mass is 217 g/mol.